The van der Waals surface area contributed by atoms with Gasteiger partial charge in [0, 0.05) is 6.92 Å². The summed E-state index contributed by atoms with van der Waals surface area (Å²) in [7, 11) is 0. The van der Waals surface area contributed by atoms with Crippen molar-refractivity contribution in [2.45, 2.75) is 39.2 Å². The molecule has 0 heterocycles. The highest BCUT2D eigenvalue weighted by Gasteiger charge is 2.19. The first kappa shape index (κ1) is 14.7. The normalized spacial score (nSPS) is 12.4. The molecule has 0 bridgehead atoms. The largest absolute Gasteiger partial charge is 0.364 e. The quantitative estimate of drug-likeness (QED) is 0.461. The van der Waals surface area contributed by atoms with Crippen molar-refractivity contribution in [3.63, 3.8) is 0 Å². The maximum Gasteiger partial charge on any atom is 0.257 e. The van der Waals surface area contributed by atoms with Gasteiger partial charge in [0.1, 0.15) is 0 Å². The summed E-state index contributed by atoms with van der Waals surface area (Å²) in [6, 6.07) is 0. The highest BCUT2D eigenvalue weighted by molar-refractivity contribution is 4.61. The fraction of sp³-hybridized carbons (Fsp3) is 1.00. The van der Waals surface area contributed by atoms with E-state index in [2.05, 4.69) is 10.6 Å². The Bertz CT molecular complexity index is 149. The molecule has 0 amide bonds. The lowest BCUT2D eigenvalue weighted by Gasteiger charge is -2.12. The van der Waals surface area contributed by atoms with Crippen molar-refractivity contribution >= 4 is 0 Å². The lowest BCUT2D eigenvalue weighted by molar-refractivity contribution is 0.0227. The van der Waals surface area contributed by atoms with Crippen molar-refractivity contribution < 1.29 is 13.5 Å². The molecule has 0 fully saturated rings. The Hall–Kier alpha value is -0.260. The molecule has 0 rings (SSSR count). The summed E-state index contributed by atoms with van der Waals surface area (Å²) >= 11 is 0. The second-order valence-corrected chi connectivity index (χ2v) is 3.96. The van der Waals surface area contributed by atoms with Crippen LogP contribution in [0.25, 0.3) is 0 Å². The highest BCUT2D eigenvalue weighted by Crippen LogP contribution is 2.08. The number of rotatable bonds is 9. The zero-order valence-corrected chi connectivity index (χ0v) is 9.78. The van der Waals surface area contributed by atoms with Crippen LogP contribution in [0, 0.1) is 0 Å². The molecule has 0 atom stereocenters. The molecule has 0 radical (unpaired) electrons. The van der Waals surface area contributed by atoms with E-state index in [0.29, 0.717) is 13.3 Å². The fourth-order valence-electron chi connectivity index (χ4n) is 0.944. The lowest BCUT2D eigenvalue weighted by Crippen LogP contribution is -2.32. The Balaban J connectivity index is 3.06. The van der Waals surface area contributed by atoms with Gasteiger partial charge in [-0.3, -0.25) is 5.32 Å². The average Bonchev–Trinajstić information content (AvgIpc) is 2.07. The van der Waals surface area contributed by atoms with E-state index in [1.54, 1.807) is 0 Å². The first-order valence-electron chi connectivity index (χ1n) is 5.32. The van der Waals surface area contributed by atoms with Gasteiger partial charge in [0.25, 0.3) is 5.92 Å². The third-order valence-corrected chi connectivity index (χ3v) is 1.66. The maximum absolute atomic E-state index is 12.3. The number of hydrogen-bond acceptors (Lipinski definition) is 3. The topological polar surface area (TPSA) is 33.3 Å². The molecule has 0 spiro atoms. The van der Waals surface area contributed by atoms with Crippen LogP contribution in [-0.4, -0.2) is 38.4 Å². The summed E-state index contributed by atoms with van der Waals surface area (Å²) in [6.07, 6.45) is 1.03. The third kappa shape index (κ3) is 13.7. The van der Waals surface area contributed by atoms with Crippen molar-refractivity contribution in [2.75, 3.05) is 26.4 Å². The van der Waals surface area contributed by atoms with Gasteiger partial charge < -0.3 is 10.1 Å². The zero-order valence-electron chi connectivity index (χ0n) is 9.78. The van der Waals surface area contributed by atoms with E-state index in [1.807, 2.05) is 13.8 Å². The molecule has 0 saturated heterocycles. The SMILES string of the molecule is CC(C)OCNCCCNCC(C)(F)F. The first-order valence-corrected chi connectivity index (χ1v) is 5.32. The van der Waals surface area contributed by atoms with Crippen LogP contribution in [0.4, 0.5) is 8.78 Å². The second-order valence-electron chi connectivity index (χ2n) is 3.96. The van der Waals surface area contributed by atoms with E-state index < -0.39 is 5.92 Å². The summed E-state index contributed by atoms with van der Waals surface area (Å²) in [6.45, 7) is 6.47. The number of alkyl halides is 2. The lowest BCUT2D eigenvalue weighted by atomic mass is 10.3. The van der Waals surface area contributed by atoms with Crippen LogP contribution < -0.4 is 10.6 Å². The Morgan fingerprint density at radius 1 is 1.20 bits per heavy atom. The van der Waals surface area contributed by atoms with Gasteiger partial charge in [-0.05, 0) is 33.4 Å². The van der Waals surface area contributed by atoms with Crippen LogP contribution in [0.2, 0.25) is 0 Å². The van der Waals surface area contributed by atoms with Crippen LogP contribution in [0.15, 0.2) is 0 Å². The summed E-state index contributed by atoms with van der Waals surface area (Å²) in [5, 5.41) is 5.76. The van der Waals surface area contributed by atoms with E-state index in [-0.39, 0.29) is 12.6 Å². The summed E-state index contributed by atoms with van der Waals surface area (Å²) in [5.41, 5.74) is 0. The minimum Gasteiger partial charge on any atom is -0.364 e. The molecule has 0 aliphatic rings. The van der Waals surface area contributed by atoms with Gasteiger partial charge in [-0.25, -0.2) is 8.78 Å². The van der Waals surface area contributed by atoms with Crippen molar-refractivity contribution in [1.82, 2.24) is 10.6 Å². The van der Waals surface area contributed by atoms with Gasteiger partial charge in [0.2, 0.25) is 0 Å². The summed E-state index contributed by atoms with van der Waals surface area (Å²) in [5.74, 6) is -2.62. The van der Waals surface area contributed by atoms with Gasteiger partial charge in [-0.15, -0.1) is 0 Å². The molecule has 0 aromatic carbocycles. The fourth-order valence-corrected chi connectivity index (χ4v) is 0.944. The van der Waals surface area contributed by atoms with Gasteiger partial charge in [-0.1, -0.05) is 0 Å². The van der Waals surface area contributed by atoms with E-state index >= 15 is 0 Å². The molecule has 5 heteroatoms. The second kappa shape index (κ2) is 7.96. The minimum atomic E-state index is -2.62. The maximum atomic E-state index is 12.3. The van der Waals surface area contributed by atoms with Crippen LogP contribution in [0.3, 0.4) is 0 Å². The molecule has 3 nitrogen and oxygen atoms in total. The van der Waals surface area contributed by atoms with Gasteiger partial charge in [0.05, 0.1) is 19.4 Å². The summed E-state index contributed by atoms with van der Waals surface area (Å²) < 4.78 is 29.9. The molecule has 92 valence electrons. The molecule has 0 aromatic heterocycles. The zero-order chi connectivity index (χ0) is 11.7. The van der Waals surface area contributed by atoms with E-state index in [0.717, 1.165) is 19.9 Å². The molecule has 0 saturated carbocycles. The van der Waals surface area contributed by atoms with Crippen LogP contribution >= 0.6 is 0 Å². The van der Waals surface area contributed by atoms with Crippen molar-refractivity contribution in [2.24, 2.45) is 0 Å². The molecule has 0 aliphatic carbocycles. The van der Waals surface area contributed by atoms with E-state index in [9.17, 15) is 8.78 Å². The van der Waals surface area contributed by atoms with E-state index in [1.165, 1.54) is 0 Å². The predicted octanol–water partition coefficient (Wildman–Crippen LogP) is 1.59. The Morgan fingerprint density at radius 3 is 2.33 bits per heavy atom. The molecule has 2 N–H and O–H groups in total. The minimum absolute atomic E-state index is 0.217. The van der Waals surface area contributed by atoms with Gasteiger partial charge >= 0.3 is 0 Å². The van der Waals surface area contributed by atoms with Crippen molar-refractivity contribution in [1.29, 1.82) is 0 Å². The number of ether oxygens (including phenoxy) is 1. The summed E-state index contributed by atoms with van der Waals surface area (Å²) in [4.78, 5) is 0. The molecule has 15 heavy (non-hydrogen) atoms. The molecule has 0 aliphatic heterocycles. The van der Waals surface area contributed by atoms with E-state index in [4.69, 9.17) is 4.74 Å². The van der Waals surface area contributed by atoms with Crippen LogP contribution in [0.5, 0.6) is 0 Å². The molecule has 0 aromatic rings. The van der Waals surface area contributed by atoms with Gasteiger partial charge in [0.15, 0.2) is 0 Å². The molecule has 0 unspecified atom stereocenters. The highest BCUT2D eigenvalue weighted by atomic mass is 19.3. The average molecular weight is 224 g/mol. The van der Waals surface area contributed by atoms with Crippen LogP contribution in [0.1, 0.15) is 27.2 Å². The number of halogens is 2. The Morgan fingerprint density at radius 2 is 1.80 bits per heavy atom. The van der Waals surface area contributed by atoms with Crippen LogP contribution in [-0.2, 0) is 4.74 Å². The molecular formula is C10H22F2N2O. The van der Waals surface area contributed by atoms with Crippen molar-refractivity contribution in [3.8, 4) is 0 Å². The Kier molecular flexibility index (Phi) is 7.82. The predicted molar refractivity (Wildman–Crippen MR) is 57.2 cm³/mol. The molecular weight excluding hydrogens is 202 g/mol. The van der Waals surface area contributed by atoms with Gasteiger partial charge in [-0.2, -0.15) is 0 Å². The number of hydrogen-bond donors (Lipinski definition) is 2. The first-order chi connectivity index (χ1) is 6.92. The number of nitrogens with one attached hydrogen (secondary N) is 2. The van der Waals surface area contributed by atoms with Crippen molar-refractivity contribution in [3.05, 3.63) is 0 Å². The Labute approximate surface area is 90.6 Å². The smallest absolute Gasteiger partial charge is 0.257 e. The third-order valence-electron chi connectivity index (χ3n) is 1.66. The standard InChI is InChI=1S/C10H22F2N2O/c1-9(2)15-8-14-6-4-5-13-7-10(3,11)12/h9,13-14H,4-8H2,1-3H3. The monoisotopic (exact) mass is 224 g/mol.